The number of amides is 1. The third kappa shape index (κ3) is 5.02. The van der Waals surface area contributed by atoms with Crippen LogP contribution in [0.5, 0.6) is 5.75 Å². The van der Waals surface area contributed by atoms with E-state index in [0.717, 1.165) is 19.3 Å². The van der Waals surface area contributed by atoms with E-state index >= 15 is 0 Å². The molecule has 6 nitrogen and oxygen atoms in total. The van der Waals surface area contributed by atoms with Crippen LogP contribution in [0.4, 0.5) is 0 Å². The third-order valence-electron chi connectivity index (χ3n) is 3.10. The summed E-state index contributed by atoms with van der Waals surface area (Å²) in [7, 11) is -2.61. The summed E-state index contributed by atoms with van der Waals surface area (Å²) in [4.78, 5) is 11.9. The number of rotatable bonds is 7. The second kappa shape index (κ2) is 7.42. The van der Waals surface area contributed by atoms with Gasteiger partial charge in [-0.1, -0.05) is 19.8 Å². The lowest BCUT2D eigenvalue weighted by molar-refractivity contribution is 0.0937. The summed E-state index contributed by atoms with van der Waals surface area (Å²) in [5.74, 6) is -0.209. The number of ether oxygens (including phenoxy) is 1. The van der Waals surface area contributed by atoms with Gasteiger partial charge in [-0.2, -0.15) is 0 Å². The Balaban J connectivity index is 2.96. The summed E-state index contributed by atoms with van der Waals surface area (Å²) in [5, 5.41) is 7.96. The van der Waals surface area contributed by atoms with E-state index in [1.165, 1.54) is 25.3 Å². The molecule has 0 aliphatic heterocycles. The van der Waals surface area contributed by atoms with Crippen LogP contribution in [0.3, 0.4) is 0 Å². The molecule has 1 aromatic carbocycles. The van der Waals surface area contributed by atoms with Gasteiger partial charge in [0.2, 0.25) is 10.0 Å². The van der Waals surface area contributed by atoms with Gasteiger partial charge in [0, 0.05) is 11.6 Å². The van der Waals surface area contributed by atoms with E-state index in [0.29, 0.717) is 0 Å². The minimum Gasteiger partial charge on any atom is -0.495 e. The van der Waals surface area contributed by atoms with E-state index in [4.69, 9.17) is 9.88 Å². The number of hydrogen-bond donors (Lipinski definition) is 2. The van der Waals surface area contributed by atoms with E-state index in [1.54, 1.807) is 0 Å². The monoisotopic (exact) mass is 314 g/mol. The van der Waals surface area contributed by atoms with Crippen LogP contribution in [0.1, 0.15) is 43.5 Å². The first-order valence-corrected chi connectivity index (χ1v) is 8.36. The molecule has 0 fully saturated rings. The van der Waals surface area contributed by atoms with Crippen molar-refractivity contribution in [2.75, 3.05) is 7.11 Å². The lowest BCUT2D eigenvalue weighted by Crippen LogP contribution is -2.32. The smallest absolute Gasteiger partial charge is 0.251 e. The number of nitrogens with one attached hydrogen (secondary N) is 1. The summed E-state index contributed by atoms with van der Waals surface area (Å²) in [6.07, 6.45) is 2.95. The highest BCUT2D eigenvalue weighted by molar-refractivity contribution is 7.89. The zero-order valence-corrected chi connectivity index (χ0v) is 13.4. The number of methoxy groups -OCH3 is 1. The predicted molar refractivity (Wildman–Crippen MR) is 80.8 cm³/mol. The van der Waals surface area contributed by atoms with Crippen LogP contribution < -0.4 is 15.2 Å². The Hall–Kier alpha value is -1.60. The van der Waals surface area contributed by atoms with Gasteiger partial charge in [-0.3, -0.25) is 4.79 Å². The van der Waals surface area contributed by atoms with Gasteiger partial charge >= 0.3 is 0 Å². The molecular formula is C14H22N2O4S. The molecule has 1 amide bonds. The largest absolute Gasteiger partial charge is 0.495 e. The Morgan fingerprint density at radius 2 is 2.10 bits per heavy atom. The molecule has 1 rings (SSSR count). The quantitative estimate of drug-likeness (QED) is 0.799. The SMILES string of the molecule is CCCCC(C)NC(=O)c1ccc(OC)c(S(N)(=O)=O)c1. The zero-order valence-electron chi connectivity index (χ0n) is 12.5. The zero-order chi connectivity index (χ0) is 16.0. The molecule has 0 aliphatic carbocycles. The fraction of sp³-hybridized carbons (Fsp3) is 0.500. The van der Waals surface area contributed by atoms with Gasteiger partial charge in [0.25, 0.3) is 5.91 Å². The van der Waals surface area contributed by atoms with Crippen molar-refractivity contribution in [3.05, 3.63) is 23.8 Å². The van der Waals surface area contributed by atoms with Crippen LogP contribution in [0.15, 0.2) is 23.1 Å². The van der Waals surface area contributed by atoms with Crippen LogP contribution >= 0.6 is 0 Å². The summed E-state index contributed by atoms with van der Waals surface area (Å²) < 4.78 is 28.0. The molecule has 0 saturated heterocycles. The minimum absolute atomic E-state index is 0.0254. The maximum atomic E-state index is 12.1. The average molecular weight is 314 g/mol. The van der Waals surface area contributed by atoms with Crippen LogP contribution in [0, 0.1) is 0 Å². The molecule has 1 atom stereocenters. The van der Waals surface area contributed by atoms with Crippen molar-refractivity contribution in [2.45, 2.75) is 44.0 Å². The molecule has 0 saturated carbocycles. The van der Waals surface area contributed by atoms with Crippen molar-refractivity contribution in [3.8, 4) is 5.75 Å². The Morgan fingerprint density at radius 3 is 2.62 bits per heavy atom. The fourth-order valence-corrected chi connectivity index (χ4v) is 2.65. The second-order valence-corrected chi connectivity index (χ2v) is 6.46. The summed E-state index contributed by atoms with van der Waals surface area (Å²) >= 11 is 0. The lowest BCUT2D eigenvalue weighted by atomic mass is 10.1. The van der Waals surface area contributed by atoms with Crippen molar-refractivity contribution >= 4 is 15.9 Å². The Labute approximate surface area is 125 Å². The standard InChI is InChI=1S/C14H22N2O4S/c1-4-5-6-10(2)16-14(17)11-7-8-12(20-3)13(9-11)21(15,18)19/h7-10H,4-6H2,1-3H3,(H,16,17)(H2,15,18,19). The van der Waals surface area contributed by atoms with Gasteiger partial charge in [-0.15, -0.1) is 0 Å². The Morgan fingerprint density at radius 1 is 1.43 bits per heavy atom. The van der Waals surface area contributed by atoms with Crippen molar-refractivity contribution < 1.29 is 17.9 Å². The first kappa shape index (κ1) is 17.5. The molecule has 0 aromatic heterocycles. The number of hydrogen-bond acceptors (Lipinski definition) is 4. The lowest BCUT2D eigenvalue weighted by Gasteiger charge is -2.14. The van der Waals surface area contributed by atoms with Gasteiger partial charge in [0.05, 0.1) is 7.11 Å². The molecule has 0 radical (unpaired) electrons. The number of nitrogens with two attached hydrogens (primary N) is 1. The number of primary sulfonamides is 1. The highest BCUT2D eigenvalue weighted by atomic mass is 32.2. The van der Waals surface area contributed by atoms with Gasteiger partial charge in [0.15, 0.2) is 0 Å². The normalized spacial score (nSPS) is 12.8. The molecule has 3 N–H and O–H groups in total. The number of carbonyl (C=O) groups excluding carboxylic acids is 1. The van der Waals surface area contributed by atoms with Gasteiger partial charge in [-0.05, 0) is 31.5 Å². The number of benzene rings is 1. The highest BCUT2D eigenvalue weighted by Gasteiger charge is 2.18. The van der Waals surface area contributed by atoms with Crippen molar-refractivity contribution in [2.24, 2.45) is 5.14 Å². The molecule has 21 heavy (non-hydrogen) atoms. The highest BCUT2D eigenvalue weighted by Crippen LogP contribution is 2.23. The van der Waals surface area contributed by atoms with Crippen LogP contribution in [-0.4, -0.2) is 27.5 Å². The molecule has 1 unspecified atom stereocenters. The average Bonchev–Trinajstić information content (AvgIpc) is 2.43. The topological polar surface area (TPSA) is 98.5 Å². The van der Waals surface area contributed by atoms with Crippen molar-refractivity contribution in [3.63, 3.8) is 0 Å². The van der Waals surface area contributed by atoms with E-state index < -0.39 is 10.0 Å². The predicted octanol–water partition coefficient (Wildman–Crippen LogP) is 1.65. The van der Waals surface area contributed by atoms with E-state index in [2.05, 4.69) is 12.2 Å². The second-order valence-electron chi connectivity index (χ2n) is 4.93. The summed E-state index contributed by atoms with van der Waals surface area (Å²) in [5.41, 5.74) is 0.239. The molecule has 118 valence electrons. The number of sulfonamides is 1. The fourth-order valence-electron chi connectivity index (χ4n) is 1.93. The molecule has 0 bridgehead atoms. The van der Waals surface area contributed by atoms with Crippen LogP contribution in [0.25, 0.3) is 0 Å². The molecular weight excluding hydrogens is 292 g/mol. The molecule has 0 aliphatic rings. The van der Waals surface area contributed by atoms with Crippen LogP contribution in [0.2, 0.25) is 0 Å². The minimum atomic E-state index is -3.95. The van der Waals surface area contributed by atoms with E-state index in [1.807, 2.05) is 6.92 Å². The first-order chi connectivity index (χ1) is 9.79. The summed E-state index contributed by atoms with van der Waals surface area (Å²) in [6.45, 7) is 3.99. The first-order valence-electron chi connectivity index (χ1n) is 6.81. The van der Waals surface area contributed by atoms with Crippen molar-refractivity contribution in [1.29, 1.82) is 0 Å². The Bertz CT molecular complexity index is 599. The van der Waals surface area contributed by atoms with Crippen molar-refractivity contribution in [1.82, 2.24) is 5.32 Å². The summed E-state index contributed by atoms with van der Waals surface area (Å²) in [6, 6.07) is 4.19. The Kier molecular flexibility index (Phi) is 6.17. The molecule has 0 spiro atoms. The number of carbonyl (C=O) groups is 1. The van der Waals surface area contributed by atoms with Gasteiger partial charge in [-0.25, -0.2) is 13.6 Å². The maximum absolute atomic E-state index is 12.1. The van der Waals surface area contributed by atoms with Crippen LogP contribution in [-0.2, 0) is 10.0 Å². The van der Waals surface area contributed by atoms with Gasteiger partial charge < -0.3 is 10.1 Å². The molecule has 1 aromatic rings. The molecule has 0 heterocycles. The van der Waals surface area contributed by atoms with Gasteiger partial charge in [0.1, 0.15) is 10.6 Å². The third-order valence-corrected chi connectivity index (χ3v) is 4.03. The number of unbranched alkanes of at least 4 members (excludes halogenated alkanes) is 1. The van der Waals surface area contributed by atoms with E-state index in [9.17, 15) is 13.2 Å². The maximum Gasteiger partial charge on any atom is 0.251 e. The van der Waals surface area contributed by atoms with E-state index in [-0.39, 0.29) is 28.2 Å². The molecule has 7 heteroatoms.